The van der Waals surface area contributed by atoms with Gasteiger partial charge in [0.2, 0.25) is 10.0 Å². The van der Waals surface area contributed by atoms with Gasteiger partial charge in [-0.1, -0.05) is 0 Å². The second-order valence-corrected chi connectivity index (χ2v) is 6.56. The summed E-state index contributed by atoms with van der Waals surface area (Å²) in [6, 6.07) is 6.75. The molecule has 0 spiro atoms. The number of amides is 1. The number of carbonyl (C=O) groups excluding carboxylic acids is 1. The normalized spacial score (nSPS) is 11.6. The maximum atomic E-state index is 12.1. The molecule has 0 bridgehead atoms. The number of nitrogens with zero attached hydrogens (tertiary/aromatic N) is 2. The molecule has 0 aliphatic rings. The predicted octanol–water partition coefficient (Wildman–Crippen LogP) is 0.856. The third-order valence-corrected chi connectivity index (χ3v) is 4.51. The minimum Gasteiger partial charge on any atom is -0.346 e. The lowest BCUT2D eigenvalue weighted by Gasteiger charge is -2.08. The minimum atomic E-state index is -3.72. The molecule has 1 amide bonds. The first-order valence-corrected chi connectivity index (χ1v) is 8.50. The van der Waals surface area contributed by atoms with Crippen LogP contribution in [-0.4, -0.2) is 43.6 Å². The number of hydrogen-bond donors (Lipinski definition) is 2. The van der Waals surface area contributed by atoms with Crippen molar-refractivity contribution in [1.82, 2.24) is 19.8 Å². The number of sulfonamides is 1. The third-order valence-electron chi connectivity index (χ3n) is 3.04. The van der Waals surface area contributed by atoms with Crippen LogP contribution in [-0.2, 0) is 16.6 Å². The Bertz CT molecular complexity index is 762. The molecule has 2 aromatic rings. The first kappa shape index (κ1) is 18.0. The van der Waals surface area contributed by atoms with Crippen molar-refractivity contribution in [2.75, 3.05) is 13.1 Å². The van der Waals surface area contributed by atoms with E-state index in [4.69, 9.17) is 0 Å². The average Bonchev–Trinajstić information content (AvgIpc) is 3.06. The highest BCUT2D eigenvalue weighted by Gasteiger charge is 2.15. The molecule has 0 aliphatic carbocycles. The number of halogens is 2. The number of alkyl halides is 2. The Balaban J connectivity index is 1.94. The van der Waals surface area contributed by atoms with Crippen molar-refractivity contribution in [2.45, 2.75) is 17.9 Å². The molecule has 0 saturated heterocycles. The molecule has 130 valence electrons. The van der Waals surface area contributed by atoms with Gasteiger partial charge < -0.3 is 5.32 Å². The van der Waals surface area contributed by atoms with Crippen molar-refractivity contribution >= 4 is 15.9 Å². The van der Waals surface area contributed by atoms with E-state index in [0.717, 1.165) is 0 Å². The SMILES string of the molecule is O=C(NCC(F)F)c1ccc(S(=O)(=O)NCCn2cccn2)cc1. The zero-order chi connectivity index (χ0) is 17.6. The largest absolute Gasteiger partial charge is 0.346 e. The van der Waals surface area contributed by atoms with Gasteiger partial charge in [0.1, 0.15) is 0 Å². The minimum absolute atomic E-state index is 0.0200. The highest BCUT2D eigenvalue weighted by Crippen LogP contribution is 2.10. The van der Waals surface area contributed by atoms with E-state index < -0.39 is 28.9 Å². The van der Waals surface area contributed by atoms with Crippen molar-refractivity contribution in [3.63, 3.8) is 0 Å². The van der Waals surface area contributed by atoms with Crippen molar-refractivity contribution in [3.8, 4) is 0 Å². The van der Waals surface area contributed by atoms with Gasteiger partial charge in [-0.15, -0.1) is 0 Å². The molecule has 0 atom stereocenters. The van der Waals surface area contributed by atoms with Crippen LogP contribution in [0.1, 0.15) is 10.4 Å². The van der Waals surface area contributed by atoms with Crippen molar-refractivity contribution < 1.29 is 22.0 Å². The van der Waals surface area contributed by atoms with E-state index in [1.54, 1.807) is 23.1 Å². The average molecular weight is 358 g/mol. The molecule has 2 rings (SSSR count). The topological polar surface area (TPSA) is 93.1 Å². The summed E-state index contributed by atoms with van der Waals surface area (Å²) < 4.78 is 52.3. The van der Waals surface area contributed by atoms with Crippen LogP contribution in [0, 0.1) is 0 Å². The quantitative estimate of drug-likeness (QED) is 0.732. The Morgan fingerprint density at radius 2 is 1.96 bits per heavy atom. The Kier molecular flexibility index (Phi) is 5.99. The van der Waals surface area contributed by atoms with Crippen molar-refractivity contribution in [2.24, 2.45) is 0 Å². The zero-order valence-electron chi connectivity index (χ0n) is 12.5. The van der Waals surface area contributed by atoms with E-state index in [1.807, 2.05) is 5.32 Å². The van der Waals surface area contributed by atoms with Gasteiger partial charge in [-0.25, -0.2) is 21.9 Å². The monoisotopic (exact) mass is 358 g/mol. The number of rotatable bonds is 8. The van der Waals surface area contributed by atoms with Crippen molar-refractivity contribution in [1.29, 1.82) is 0 Å². The second-order valence-electron chi connectivity index (χ2n) is 4.79. The molecule has 1 heterocycles. The van der Waals surface area contributed by atoms with Gasteiger partial charge in [0.05, 0.1) is 18.0 Å². The summed E-state index contributed by atoms with van der Waals surface area (Å²) in [7, 11) is -3.72. The first-order chi connectivity index (χ1) is 11.4. The molecule has 0 saturated carbocycles. The Morgan fingerprint density at radius 1 is 1.25 bits per heavy atom. The summed E-state index contributed by atoms with van der Waals surface area (Å²) in [5, 5.41) is 6.00. The maximum absolute atomic E-state index is 12.1. The number of aromatic nitrogens is 2. The van der Waals surface area contributed by atoms with Gasteiger partial charge in [-0.2, -0.15) is 5.10 Å². The number of hydrogen-bond acceptors (Lipinski definition) is 4. The predicted molar refractivity (Wildman–Crippen MR) is 82.2 cm³/mol. The summed E-state index contributed by atoms with van der Waals surface area (Å²) in [5.74, 6) is -0.689. The van der Waals surface area contributed by atoms with Crippen LogP contribution in [0.5, 0.6) is 0 Å². The summed E-state index contributed by atoms with van der Waals surface area (Å²) in [4.78, 5) is 11.6. The molecule has 0 unspecified atom stereocenters. The van der Waals surface area contributed by atoms with Crippen LogP contribution in [0.25, 0.3) is 0 Å². The second kappa shape index (κ2) is 7.97. The fourth-order valence-corrected chi connectivity index (χ4v) is 2.89. The van der Waals surface area contributed by atoms with Crippen LogP contribution in [0.3, 0.4) is 0 Å². The van der Waals surface area contributed by atoms with Crippen LogP contribution < -0.4 is 10.0 Å². The molecule has 0 fully saturated rings. The summed E-state index contributed by atoms with van der Waals surface area (Å²) >= 11 is 0. The molecule has 10 heteroatoms. The Morgan fingerprint density at radius 3 is 2.54 bits per heavy atom. The van der Waals surface area contributed by atoms with E-state index in [2.05, 4.69) is 9.82 Å². The molecule has 2 N–H and O–H groups in total. The van der Waals surface area contributed by atoms with Crippen LogP contribution in [0.4, 0.5) is 8.78 Å². The highest BCUT2D eigenvalue weighted by molar-refractivity contribution is 7.89. The Hall–Kier alpha value is -2.33. The molecule has 1 aromatic heterocycles. The summed E-state index contributed by atoms with van der Waals surface area (Å²) in [5.41, 5.74) is 0.103. The lowest BCUT2D eigenvalue weighted by molar-refractivity contribution is 0.0891. The summed E-state index contributed by atoms with van der Waals surface area (Å²) in [6.45, 7) is -0.227. The van der Waals surface area contributed by atoms with E-state index in [0.29, 0.717) is 6.54 Å². The van der Waals surface area contributed by atoms with Gasteiger partial charge >= 0.3 is 0 Å². The Labute approximate surface area is 137 Å². The molecule has 7 nitrogen and oxygen atoms in total. The van der Waals surface area contributed by atoms with Gasteiger partial charge in [0.25, 0.3) is 12.3 Å². The maximum Gasteiger partial charge on any atom is 0.255 e. The number of carbonyl (C=O) groups is 1. The molecular formula is C14H16F2N4O3S. The molecular weight excluding hydrogens is 342 g/mol. The zero-order valence-corrected chi connectivity index (χ0v) is 13.3. The van der Waals surface area contributed by atoms with Crippen LogP contribution in [0.15, 0.2) is 47.6 Å². The van der Waals surface area contributed by atoms with E-state index >= 15 is 0 Å². The fraction of sp³-hybridized carbons (Fsp3) is 0.286. The van der Waals surface area contributed by atoms with Crippen LogP contribution >= 0.6 is 0 Å². The number of nitrogens with one attached hydrogen (secondary N) is 2. The highest BCUT2D eigenvalue weighted by atomic mass is 32.2. The summed E-state index contributed by atoms with van der Waals surface area (Å²) in [6.07, 6.45) is 0.653. The van der Waals surface area contributed by atoms with Gasteiger partial charge in [-0.05, 0) is 30.3 Å². The standard InChI is InChI=1S/C14H16F2N4O3S/c15-13(16)10-17-14(21)11-2-4-12(5-3-11)24(22,23)19-7-9-20-8-1-6-18-20/h1-6,8,13,19H,7,9-10H2,(H,17,21). The third kappa shape index (κ3) is 5.10. The van der Waals surface area contributed by atoms with Gasteiger partial charge in [0, 0.05) is 24.5 Å². The lowest BCUT2D eigenvalue weighted by Crippen LogP contribution is -2.29. The smallest absolute Gasteiger partial charge is 0.255 e. The van der Waals surface area contributed by atoms with E-state index in [-0.39, 0.29) is 17.0 Å². The lowest BCUT2D eigenvalue weighted by atomic mass is 10.2. The van der Waals surface area contributed by atoms with Crippen LogP contribution in [0.2, 0.25) is 0 Å². The molecule has 0 radical (unpaired) electrons. The molecule has 0 aliphatic heterocycles. The van der Waals surface area contributed by atoms with Gasteiger partial charge in [0.15, 0.2) is 0 Å². The first-order valence-electron chi connectivity index (χ1n) is 7.02. The molecule has 1 aromatic carbocycles. The fourth-order valence-electron chi connectivity index (χ4n) is 1.87. The van der Waals surface area contributed by atoms with Gasteiger partial charge in [-0.3, -0.25) is 9.48 Å². The number of benzene rings is 1. The van der Waals surface area contributed by atoms with E-state index in [9.17, 15) is 22.0 Å². The van der Waals surface area contributed by atoms with Crippen molar-refractivity contribution in [3.05, 3.63) is 48.3 Å². The molecule has 24 heavy (non-hydrogen) atoms. The van der Waals surface area contributed by atoms with E-state index in [1.165, 1.54) is 24.3 Å².